The zero-order valence-electron chi connectivity index (χ0n) is 9.63. The van der Waals surface area contributed by atoms with E-state index >= 15 is 0 Å². The highest BCUT2D eigenvalue weighted by atomic mass is 16.4. The number of nitrogens with one attached hydrogen (secondary N) is 1. The van der Waals surface area contributed by atoms with Gasteiger partial charge >= 0.3 is 5.97 Å². The molecule has 0 saturated carbocycles. The fraction of sp³-hybridized carbons (Fsp3) is 0.800. The summed E-state index contributed by atoms with van der Waals surface area (Å²) in [7, 11) is 0. The quantitative estimate of drug-likeness (QED) is 0.635. The normalized spacial score (nSPS) is 15.5. The average molecular weight is 217 g/mol. The Balaban J connectivity index is 4.15. The summed E-state index contributed by atoms with van der Waals surface area (Å²) in [5.41, 5.74) is -1.95. The Morgan fingerprint density at radius 3 is 2.00 bits per heavy atom. The third kappa shape index (κ3) is 6.06. The Bertz CT molecular complexity index is 253. The topological polar surface area (TPSA) is 86.6 Å². The molecule has 0 rings (SSSR count). The highest BCUT2D eigenvalue weighted by Crippen LogP contribution is 2.14. The first-order valence-electron chi connectivity index (χ1n) is 4.77. The number of hydrogen-bond donors (Lipinski definition) is 3. The smallest absolute Gasteiger partial charge is 0.306 e. The summed E-state index contributed by atoms with van der Waals surface area (Å²) >= 11 is 0. The highest BCUT2D eigenvalue weighted by molar-refractivity contribution is 5.81. The molecule has 0 aliphatic rings. The van der Waals surface area contributed by atoms with Gasteiger partial charge in [-0.05, 0) is 6.92 Å². The molecule has 0 spiro atoms. The van der Waals surface area contributed by atoms with Gasteiger partial charge in [-0.2, -0.15) is 0 Å². The second kappa shape index (κ2) is 4.61. The molecule has 1 unspecified atom stereocenters. The molecule has 0 aliphatic heterocycles. The molecule has 5 nitrogen and oxygen atoms in total. The first kappa shape index (κ1) is 13.9. The van der Waals surface area contributed by atoms with E-state index in [0.29, 0.717) is 0 Å². The number of aliphatic carboxylic acids is 1. The number of carboxylic acids is 1. The zero-order valence-corrected chi connectivity index (χ0v) is 9.63. The van der Waals surface area contributed by atoms with Crippen LogP contribution >= 0.6 is 0 Å². The minimum Gasteiger partial charge on any atom is -0.481 e. The first-order chi connectivity index (χ1) is 6.54. The van der Waals surface area contributed by atoms with Crippen LogP contribution in [0.4, 0.5) is 0 Å². The standard InChI is InChI=1S/C10H19NO4/c1-9(2,3)8(14)11-6-10(4,15)5-7(12)13/h15H,5-6H2,1-4H3,(H,11,14)(H,12,13). The monoisotopic (exact) mass is 217 g/mol. The van der Waals surface area contributed by atoms with Crippen LogP contribution in [0, 0.1) is 5.41 Å². The van der Waals surface area contributed by atoms with Crippen molar-refractivity contribution in [3.8, 4) is 0 Å². The molecule has 1 amide bonds. The predicted octanol–water partition coefficient (Wildman–Crippen LogP) is 0.374. The van der Waals surface area contributed by atoms with Gasteiger partial charge in [0.1, 0.15) is 0 Å². The van der Waals surface area contributed by atoms with Crippen LogP contribution in [0.1, 0.15) is 34.1 Å². The van der Waals surface area contributed by atoms with Crippen molar-refractivity contribution in [2.45, 2.75) is 39.7 Å². The molecule has 0 aliphatic carbocycles. The highest BCUT2D eigenvalue weighted by Gasteiger charge is 2.27. The molecule has 0 radical (unpaired) electrons. The molecule has 0 aromatic rings. The predicted molar refractivity (Wildman–Crippen MR) is 55.3 cm³/mol. The molecule has 0 aromatic heterocycles. The zero-order chi connectivity index (χ0) is 12.3. The van der Waals surface area contributed by atoms with Crippen LogP contribution < -0.4 is 5.32 Å². The van der Waals surface area contributed by atoms with Crippen molar-refractivity contribution in [2.24, 2.45) is 5.41 Å². The third-order valence-corrected chi connectivity index (χ3v) is 1.84. The molecule has 0 heterocycles. The molecule has 0 fully saturated rings. The van der Waals surface area contributed by atoms with E-state index in [9.17, 15) is 14.7 Å². The van der Waals surface area contributed by atoms with Gasteiger partial charge in [-0.3, -0.25) is 9.59 Å². The van der Waals surface area contributed by atoms with Crippen LogP contribution in [0.3, 0.4) is 0 Å². The Morgan fingerprint density at radius 1 is 1.20 bits per heavy atom. The number of carbonyl (C=O) groups is 2. The molecule has 0 bridgehead atoms. The van der Waals surface area contributed by atoms with E-state index in [-0.39, 0.29) is 12.5 Å². The number of amides is 1. The molecular weight excluding hydrogens is 198 g/mol. The van der Waals surface area contributed by atoms with Crippen LogP contribution in [0.25, 0.3) is 0 Å². The van der Waals surface area contributed by atoms with Gasteiger partial charge in [0, 0.05) is 12.0 Å². The maximum Gasteiger partial charge on any atom is 0.306 e. The van der Waals surface area contributed by atoms with E-state index in [1.54, 1.807) is 20.8 Å². The lowest BCUT2D eigenvalue weighted by Crippen LogP contribution is -2.45. The number of carboxylic acid groups (broad SMARTS) is 1. The van der Waals surface area contributed by atoms with Crippen molar-refractivity contribution in [3.63, 3.8) is 0 Å². The van der Waals surface area contributed by atoms with Gasteiger partial charge in [0.05, 0.1) is 12.0 Å². The van der Waals surface area contributed by atoms with Gasteiger partial charge in [0.2, 0.25) is 5.91 Å². The van der Waals surface area contributed by atoms with E-state index < -0.39 is 23.4 Å². The summed E-state index contributed by atoms with van der Waals surface area (Å²) in [6.07, 6.45) is -0.391. The lowest BCUT2D eigenvalue weighted by molar-refractivity contribution is -0.142. The third-order valence-electron chi connectivity index (χ3n) is 1.84. The molecule has 0 saturated heterocycles. The Hall–Kier alpha value is -1.10. The number of rotatable bonds is 4. The Labute approximate surface area is 89.5 Å². The first-order valence-corrected chi connectivity index (χ1v) is 4.77. The number of hydrogen-bond acceptors (Lipinski definition) is 3. The molecule has 0 aromatic carbocycles. The Kier molecular flexibility index (Phi) is 4.27. The summed E-state index contributed by atoms with van der Waals surface area (Å²) < 4.78 is 0. The van der Waals surface area contributed by atoms with Gasteiger partial charge in [-0.15, -0.1) is 0 Å². The fourth-order valence-electron chi connectivity index (χ4n) is 0.924. The maximum absolute atomic E-state index is 11.4. The van der Waals surface area contributed by atoms with Gasteiger partial charge in [-0.1, -0.05) is 20.8 Å². The molecular formula is C10H19NO4. The maximum atomic E-state index is 11.4. The summed E-state index contributed by atoms with van der Waals surface area (Å²) in [5.74, 6) is -1.31. The summed E-state index contributed by atoms with van der Waals surface area (Å²) in [6.45, 7) is 6.55. The van der Waals surface area contributed by atoms with Crippen LogP contribution in [-0.4, -0.2) is 34.2 Å². The van der Waals surface area contributed by atoms with Crippen molar-refractivity contribution in [1.29, 1.82) is 0 Å². The Morgan fingerprint density at radius 2 is 1.67 bits per heavy atom. The molecule has 15 heavy (non-hydrogen) atoms. The van der Waals surface area contributed by atoms with Crippen LogP contribution in [0.2, 0.25) is 0 Å². The second-order valence-electron chi connectivity index (χ2n) is 5.00. The average Bonchev–Trinajstić information content (AvgIpc) is 1.95. The number of carbonyl (C=O) groups excluding carboxylic acids is 1. The largest absolute Gasteiger partial charge is 0.481 e. The van der Waals surface area contributed by atoms with Gasteiger partial charge in [0.25, 0.3) is 0 Å². The molecule has 5 heteroatoms. The van der Waals surface area contributed by atoms with Crippen molar-refractivity contribution in [1.82, 2.24) is 5.32 Å². The van der Waals surface area contributed by atoms with Crippen molar-refractivity contribution >= 4 is 11.9 Å². The molecule has 1 atom stereocenters. The lowest BCUT2D eigenvalue weighted by Gasteiger charge is -2.24. The van der Waals surface area contributed by atoms with E-state index in [0.717, 1.165) is 0 Å². The van der Waals surface area contributed by atoms with E-state index in [2.05, 4.69) is 5.32 Å². The van der Waals surface area contributed by atoms with Crippen molar-refractivity contribution in [2.75, 3.05) is 6.54 Å². The lowest BCUT2D eigenvalue weighted by atomic mass is 9.94. The van der Waals surface area contributed by atoms with Crippen molar-refractivity contribution in [3.05, 3.63) is 0 Å². The van der Waals surface area contributed by atoms with Crippen LogP contribution in [0.5, 0.6) is 0 Å². The van der Waals surface area contributed by atoms with Crippen LogP contribution in [-0.2, 0) is 9.59 Å². The van der Waals surface area contributed by atoms with Crippen LogP contribution in [0.15, 0.2) is 0 Å². The second-order valence-corrected chi connectivity index (χ2v) is 5.00. The minimum atomic E-state index is -1.41. The van der Waals surface area contributed by atoms with Gasteiger partial charge in [0.15, 0.2) is 0 Å². The molecule has 3 N–H and O–H groups in total. The van der Waals surface area contributed by atoms with Crippen molar-refractivity contribution < 1.29 is 19.8 Å². The number of aliphatic hydroxyl groups is 1. The molecule has 88 valence electrons. The fourth-order valence-corrected chi connectivity index (χ4v) is 0.924. The summed E-state index contributed by atoms with van der Waals surface area (Å²) in [5, 5.41) is 20.6. The van der Waals surface area contributed by atoms with Gasteiger partial charge in [-0.25, -0.2) is 0 Å². The SMILES string of the molecule is CC(O)(CNC(=O)C(C)(C)C)CC(=O)O. The van der Waals surface area contributed by atoms with Gasteiger partial charge < -0.3 is 15.5 Å². The summed E-state index contributed by atoms with van der Waals surface area (Å²) in [4.78, 5) is 21.8. The minimum absolute atomic E-state index is 0.0601. The van der Waals surface area contributed by atoms with E-state index in [1.807, 2.05) is 0 Å². The van der Waals surface area contributed by atoms with E-state index in [4.69, 9.17) is 5.11 Å². The summed E-state index contributed by atoms with van der Waals surface area (Å²) in [6, 6.07) is 0. The van der Waals surface area contributed by atoms with E-state index in [1.165, 1.54) is 6.92 Å².